The Morgan fingerprint density at radius 3 is 2.61 bits per heavy atom. The van der Waals surface area contributed by atoms with Crippen molar-refractivity contribution in [3.8, 4) is 11.4 Å². The number of aromatic nitrogens is 2. The quantitative estimate of drug-likeness (QED) is 0.310. The van der Waals surface area contributed by atoms with Gasteiger partial charge in [0.1, 0.15) is 6.61 Å². The maximum atomic E-state index is 13.9. The third kappa shape index (κ3) is 2.96. The van der Waals surface area contributed by atoms with Crippen LogP contribution in [0.3, 0.4) is 0 Å². The molecule has 2 aromatic heterocycles. The lowest BCUT2D eigenvalue weighted by Crippen LogP contribution is -2.44. The summed E-state index contributed by atoms with van der Waals surface area (Å²) in [5.74, 6) is -0.903. The van der Waals surface area contributed by atoms with E-state index >= 15 is 0 Å². The fraction of sp³-hybridized carbons (Fsp3) is 0.241. The van der Waals surface area contributed by atoms with Gasteiger partial charge in [0.05, 0.1) is 29.0 Å². The van der Waals surface area contributed by atoms with Gasteiger partial charge >= 0.3 is 5.97 Å². The van der Waals surface area contributed by atoms with Crippen molar-refractivity contribution in [1.82, 2.24) is 9.55 Å². The number of nitrogens with zero attached hydrogens (tertiary/aromatic N) is 2. The molecule has 180 valence electrons. The highest BCUT2D eigenvalue weighted by atomic mass is 16.6. The first-order chi connectivity index (χ1) is 17.2. The number of cyclic esters (lactones) is 1. The van der Waals surface area contributed by atoms with E-state index in [4.69, 9.17) is 9.72 Å². The normalized spacial score (nSPS) is 17.9. The highest BCUT2D eigenvalue weighted by Gasteiger charge is 2.45. The van der Waals surface area contributed by atoms with Crippen LogP contribution < -0.4 is 5.56 Å². The molecular formula is C29H24N2O5. The van der Waals surface area contributed by atoms with Gasteiger partial charge in [0.2, 0.25) is 0 Å². The van der Waals surface area contributed by atoms with E-state index in [1.807, 2.05) is 56.3 Å². The zero-order chi connectivity index (χ0) is 25.4. The summed E-state index contributed by atoms with van der Waals surface area (Å²) in [7, 11) is 0. The highest BCUT2D eigenvalue weighted by molar-refractivity contribution is 6.18. The van der Waals surface area contributed by atoms with E-state index in [-0.39, 0.29) is 42.0 Å². The molecule has 0 saturated heterocycles. The van der Waals surface area contributed by atoms with Crippen LogP contribution in [0.25, 0.3) is 22.3 Å². The summed E-state index contributed by atoms with van der Waals surface area (Å²) in [5.41, 5.74) is 3.73. The topological polar surface area (TPSA) is 98.5 Å². The largest absolute Gasteiger partial charge is 0.458 e. The minimum atomic E-state index is -1.90. The zero-order valence-corrected chi connectivity index (χ0v) is 20.2. The fourth-order valence-corrected chi connectivity index (χ4v) is 5.31. The van der Waals surface area contributed by atoms with Gasteiger partial charge in [0, 0.05) is 27.6 Å². The van der Waals surface area contributed by atoms with Crippen molar-refractivity contribution < 1.29 is 19.4 Å². The molecule has 0 fully saturated rings. The highest BCUT2D eigenvalue weighted by Crippen LogP contribution is 2.40. The van der Waals surface area contributed by atoms with Crippen molar-refractivity contribution in [3.63, 3.8) is 0 Å². The molecule has 1 atom stereocenters. The van der Waals surface area contributed by atoms with Gasteiger partial charge in [0.25, 0.3) is 5.56 Å². The summed E-state index contributed by atoms with van der Waals surface area (Å²) in [6.07, 6.45) is 0.0657. The van der Waals surface area contributed by atoms with Crippen LogP contribution in [0.4, 0.5) is 0 Å². The van der Waals surface area contributed by atoms with Crippen LogP contribution in [-0.4, -0.2) is 26.4 Å². The Morgan fingerprint density at radius 1 is 1.08 bits per heavy atom. The van der Waals surface area contributed by atoms with E-state index in [2.05, 4.69) is 0 Å². The zero-order valence-electron chi connectivity index (χ0n) is 20.2. The average Bonchev–Trinajstić information content (AvgIpc) is 3.25. The smallest absolute Gasteiger partial charge is 0.343 e. The van der Waals surface area contributed by atoms with Gasteiger partial charge in [0.15, 0.2) is 11.4 Å². The van der Waals surface area contributed by atoms with Crippen molar-refractivity contribution in [2.24, 2.45) is 0 Å². The van der Waals surface area contributed by atoms with Gasteiger partial charge in [-0.15, -0.1) is 0 Å². The van der Waals surface area contributed by atoms with Gasteiger partial charge in [-0.1, -0.05) is 37.3 Å². The number of carbonyl (C=O) groups excluding carboxylic acids is 2. The number of rotatable bonds is 3. The molecule has 36 heavy (non-hydrogen) atoms. The number of pyridine rings is 2. The van der Waals surface area contributed by atoms with E-state index in [1.54, 1.807) is 17.6 Å². The standard InChI is InChI=1S/C29H24N2O5/c1-4-29(35)21-12-23-25-19(13-31(23)27(33)20(21)14-36-28(29)34)24(18-7-5-6-8-22(18)30-25)26(32)17-10-9-15(2)16(3)11-17/h5-12,35H,4,13-14H2,1-3H3/t29-/m0/s1. The van der Waals surface area contributed by atoms with Crippen LogP contribution in [0.2, 0.25) is 0 Å². The molecule has 6 rings (SSSR count). The second kappa shape index (κ2) is 7.70. The monoisotopic (exact) mass is 480 g/mol. The minimum Gasteiger partial charge on any atom is -0.458 e. The minimum absolute atomic E-state index is 0.0657. The summed E-state index contributed by atoms with van der Waals surface area (Å²) < 4.78 is 6.72. The molecule has 2 aliphatic heterocycles. The molecule has 1 N–H and O–H groups in total. The predicted octanol–water partition coefficient (Wildman–Crippen LogP) is 3.93. The van der Waals surface area contributed by atoms with Gasteiger partial charge in [-0.2, -0.15) is 0 Å². The number of para-hydroxylation sites is 1. The summed E-state index contributed by atoms with van der Waals surface area (Å²) in [5, 5.41) is 11.8. The fourth-order valence-electron chi connectivity index (χ4n) is 5.31. The van der Waals surface area contributed by atoms with Crippen molar-refractivity contribution in [2.75, 3.05) is 0 Å². The Balaban J connectivity index is 1.64. The maximum Gasteiger partial charge on any atom is 0.343 e. The predicted molar refractivity (Wildman–Crippen MR) is 134 cm³/mol. The number of aryl methyl sites for hydroxylation is 2. The Hall–Kier alpha value is -4.10. The molecule has 0 amide bonds. The Labute approximate surface area is 207 Å². The summed E-state index contributed by atoms with van der Waals surface area (Å²) in [6, 6.07) is 14.7. The van der Waals surface area contributed by atoms with Gasteiger partial charge in [-0.05, 0) is 49.6 Å². The van der Waals surface area contributed by atoms with Crippen LogP contribution in [0.1, 0.15) is 57.1 Å². The molecular weight excluding hydrogens is 456 g/mol. The molecule has 4 heterocycles. The molecule has 0 radical (unpaired) electrons. The number of hydrogen-bond donors (Lipinski definition) is 1. The van der Waals surface area contributed by atoms with Crippen LogP contribution in [0, 0.1) is 13.8 Å². The third-order valence-corrected chi connectivity index (χ3v) is 7.59. The van der Waals surface area contributed by atoms with Crippen LogP contribution in [0.15, 0.2) is 53.3 Å². The van der Waals surface area contributed by atoms with Crippen molar-refractivity contribution in [2.45, 2.75) is 45.9 Å². The number of aliphatic hydroxyl groups is 1. The summed E-state index contributed by atoms with van der Waals surface area (Å²) >= 11 is 0. The third-order valence-electron chi connectivity index (χ3n) is 7.59. The molecule has 0 aliphatic carbocycles. The second-order valence-corrected chi connectivity index (χ2v) is 9.56. The van der Waals surface area contributed by atoms with E-state index in [9.17, 15) is 19.5 Å². The van der Waals surface area contributed by atoms with Crippen LogP contribution in [0.5, 0.6) is 0 Å². The molecule has 7 nitrogen and oxygen atoms in total. The Bertz CT molecular complexity index is 1700. The van der Waals surface area contributed by atoms with E-state index in [1.165, 1.54) is 0 Å². The van der Waals surface area contributed by atoms with Crippen molar-refractivity contribution in [3.05, 3.63) is 97.8 Å². The summed E-state index contributed by atoms with van der Waals surface area (Å²) in [6.45, 7) is 5.61. The first kappa shape index (κ1) is 22.4. The van der Waals surface area contributed by atoms with Crippen LogP contribution >= 0.6 is 0 Å². The number of carbonyl (C=O) groups is 2. The maximum absolute atomic E-state index is 13.9. The van der Waals surface area contributed by atoms with Crippen molar-refractivity contribution in [1.29, 1.82) is 0 Å². The number of fused-ring (bicyclic) bond motifs is 5. The molecule has 0 saturated carbocycles. The second-order valence-electron chi connectivity index (χ2n) is 9.56. The molecule has 0 bridgehead atoms. The number of ketones is 1. The molecule has 2 aromatic carbocycles. The first-order valence-electron chi connectivity index (χ1n) is 11.9. The lowest BCUT2D eigenvalue weighted by atomic mass is 9.86. The molecule has 4 aromatic rings. The van der Waals surface area contributed by atoms with Crippen LogP contribution in [-0.2, 0) is 28.3 Å². The Morgan fingerprint density at radius 2 is 1.86 bits per heavy atom. The molecule has 0 unspecified atom stereocenters. The SMILES string of the molecule is CC[C@@]1(O)C(=O)OCc2c1cc1n(c2=O)Cc2c-1nc1ccccc1c2C(=O)c1ccc(C)c(C)c1. The van der Waals surface area contributed by atoms with E-state index in [0.717, 1.165) is 11.1 Å². The lowest BCUT2D eigenvalue weighted by Gasteiger charge is -2.31. The van der Waals surface area contributed by atoms with Gasteiger partial charge in [-0.3, -0.25) is 9.59 Å². The average molecular weight is 481 g/mol. The number of hydrogen-bond acceptors (Lipinski definition) is 6. The number of benzene rings is 2. The first-order valence-corrected chi connectivity index (χ1v) is 11.9. The number of esters is 1. The summed E-state index contributed by atoms with van der Waals surface area (Å²) in [4.78, 5) is 44.8. The van der Waals surface area contributed by atoms with E-state index < -0.39 is 11.6 Å². The van der Waals surface area contributed by atoms with Crippen molar-refractivity contribution >= 4 is 22.7 Å². The lowest BCUT2D eigenvalue weighted by molar-refractivity contribution is -0.172. The molecule has 0 spiro atoms. The molecule has 7 heteroatoms. The van der Waals surface area contributed by atoms with Gasteiger partial charge < -0.3 is 14.4 Å². The number of ether oxygens (including phenoxy) is 1. The molecule has 2 aliphatic rings. The van der Waals surface area contributed by atoms with E-state index in [0.29, 0.717) is 39.0 Å². The Kier molecular flexibility index (Phi) is 4.78. The van der Waals surface area contributed by atoms with Gasteiger partial charge in [-0.25, -0.2) is 9.78 Å².